The Morgan fingerprint density at radius 1 is 1.38 bits per heavy atom. The third kappa shape index (κ3) is 2.89. The summed E-state index contributed by atoms with van der Waals surface area (Å²) in [6.07, 6.45) is 0.0673. The van der Waals surface area contributed by atoms with Gasteiger partial charge < -0.3 is 15.4 Å². The van der Waals surface area contributed by atoms with Gasteiger partial charge in [-0.3, -0.25) is 4.79 Å². The summed E-state index contributed by atoms with van der Waals surface area (Å²) >= 11 is 0. The Morgan fingerprint density at radius 2 is 2.00 bits per heavy atom. The largest absolute Gasteiger partial charge is 0.489 e. The van der Waals surface area contributed by atoms with Crippen LogP contribution in [0.2, 0.25) is 0 Å². The van der Waals surface area contributed by atoms with Crippen LogP contribution < -0.4 is 10.5 Å². The van der Waals surface area contributed by atoms with Crippen molar-refractivity contribution < 1.29 is 9.53 Å². The maximum absolute atomic E-state index is 11.7. The lowest BCUT2D eigenvalue weighted by Crippen LogP contribution is -2.21. The Balaban J connectivity index is 2.95. The van der Waals surface area contributed by atoms with Gasteiger partial charge in [0, 0.05) is 19.7 Å². The van der Waals surface area contributed by atoms with Gasteiger partial charge in [-0.1, -0.05) is 0 Å². The molecular formula is C12H18N2O2. The smallest absolute Gasteiger partial charge is 0.253 e. The van der Waals surface area contributed by atoms with E-state index in [1.54, 1.807) is 32.3 Å². The van der Waals surface area contributed by atoms with Gasteiger partial charge in [-0.2, -0.15) is 0 Å². The van der Waals surface area contributed by atoms with Crippen molar-refractivity contribution >= 4 is 11.6 Å². The number of anilines is 1. The van der Waals surface area contributed by atoms with E-state index in [1.807, 2.05) is 13.8 Å². The van der Waals surface area contributed by atoms with Crippen LogP contribution in [-0.2, 0) is 0 Å². The number of nitrogens with zero attached hydrogens (tertiary/aromatic N) is 1. The highest BCUT2D eigenvalue weighted by atomic mass is 16.5. The lowest BCUT2D eigenvalue weighted by molar-refractivity contribution is 0.0827. The second-order valence-electron chi connectivity index (χ2n) is 4.12. The topological polar surface area (TPSA) is 55.6 Å². The van der Waals surface area contributed by atoms with Gasteiger partial charge in [-0.15, -0.1) is 0 Å². The van der Waals surface area contributed by atoms with Crippen molar-refractivity contribution in [3.63, 3.8) is 0 Å². The van der Waals surface area contributed by atoms with Crippen LogP contribution in [0.25, 0.3) is 0 Å². The lowest BCUT2D eigenvalue weighted by Gasteiger charge is -2.14. The highest BCUT2D eigenvalue weighted by Crippen LogP contribution is 2.24. The number of carbonyl (C=O) groups is 1. The molecule has 0 saturated heterocycles. The van der Waals surface area contributed by atoms with E-state index in [2.05, 4.69) is 0 Å². The van der Waals surface area contributed by atoms with Crippen molar-refractivity contribution in [1.29, 1.82) is 0 Å². The highest BCUT2D eigenvalue weighted by molar-refractivity contribution is 5.95. The third-order valence-electron chi connectivity index (χ3n) is 2.03. The summed E-state index contributed by atoms with van der Waals surface area (Å²) in [6.45, 7) is 3.86. The van der Waals surface area contributed by atoms with Gasteiger partial charge in [0.1, 0.15) is 5.75 Å². The zero-order valence-electron chi connectivity index (χ0n) is 10.2. The average molecular weight is 222 g/mol. The number of benzene rings is 1. The molecule has 0 aliphatic rings. The fraction of sp³-hybridized carbons (Fsp3) is 0.417. The van der Waals surface area contributed by atoms with E-state index in [9.17, 15) is 4.79 Å². The van der Waals surface area contributed by atoms with Crippen molar-refractivity contribution in [3.8, 4) is 5.75 Å². The molecule has 88 valence electrons. The molecular weight excluding hydrogens is 204 g/mol. The average Bonchev–Trinajstić information content (AvgIpc) is 2.19. The first-order chi connectivity index (χ1) is 7.41. The normalized spacial score (nSPS) is 10.3. The molecule has 0 aliphatic heterocycles. The molecule has 1 amide bonds. The molecule has 0 atom stereocenters. The molecule has 0 fully saturated rings. The monoisotopic (exact) mass is 222 g/mol. The van der Waals surface area contributed by atoms with Crippen LogP contribution in [-0.4, -0.2) is 31.0 Å². The van der Waals surface area contributed by atoms with Crippen LogP contribution in [0.5, 0.6) is 5.75 Å². The number of carbonyl (C=O) groups excluding carboxylic acids is 1. The fourth-order valence-electron chi connectivity index (χ4n) is 1.30. The first kappa shape index (κ1) is 12.4. The molecule has 0 heterocycles. The number of nitrogen functional groups attached to an aromatic ring is 1. The van der Waals surface area contributed by atoms with Crippen molar-refractivity contribution in [2.24, 2.45) is 0 Å². The standard InChI is InChI=1S/C12H18N2O2/c1-8(2)16-11-6-5-9(7-10(11)13)12(15)14(3)4/h5-8H,13H2,1-4H3. The maximum Gasteiger partial charge on any atom is 0.253 e. The van der Waals surface area contributed by atoms with Crippen LogP contribution in [0.3, 0.4) is 0 Å². The molecule has 0 unspecified atom stereocenters. The van der Waals surface area contributed by atoms with Gasteiger partial charge in [-0.05, 0) is 32.0 Å². The molecule has 0 aliphatic carbocycles. The lowest BCUT2D eigenvalue weighted by atomic mass is 10.1. The summed E-state index contributed by atoms with van der Waals surface area (Å²) in [5.41, 5.74) is 6.87. The van der Waals surface area contributed by atoms with E-state index in [4.69, 9.17) is 10.5 Å². The van der Waals surface area contributed by atoms with Gasteiger partial charge in [0.05, 0.1) is 11.8 Å². The number of amides is 1. The molecule has 1 rings (SSSR count). The van der Waals surface area contributed by atoms with Gasteiger partial charge >= 0.3 is 0 Å². The van der Waals surface area contributed by atoms with Crippen LogP contribution in [0, 0.1) is 0 Å². The number of rotatable bonds is 3. The van der Waals surface area contributed by atoms with Crippen molar-refractivity contribution in [3.05, 3.63) is 23.8 Å². The van der Waals surface area contributed by atoms with Crippen LogP contribution in [0.15, 0.2) is 18.2 Å². The van der Waals surface area contributed by atoms with Crippen molar-refractivity contribution in [2.45, 2.75) is 20.0 Å². The Morgan fingerprint density at radius 3 is 2.44 bits per heavy atom. The van der Waals surface area contributed by atoms with E-state index in [0.29, 0.717) is 17.0 Å². The number of ether oxygens (including phenoxy) is 1. The van der Waals surface area contributed by atoms with Crippen LogP contribution in [0.4, 0.5) is 5.69 Å². The molecule has 2 N–H and O–H groups in total. The van der Waals surface area contributed by atoms with Crippen LogP contribution in [0.1, 0.15) is 24.2 Å². The Hall–Kier alpha value is -1.71. The van der Waals surface area contributed by atoms with E-state index >= 15 is 0 Å². The van der Waals surface area contributed by atoms with Crippen LogP contribution >= 0.6 is 0 Å². The maximum atomic E-state index is 11.7. The summed E-state index contributed by atoms with van der Waals surface area (Å²) in [5.74, 6) is 0.549. The first-order valence-corrected chi connectivity index (χ1v) is 5.19. The predicted molar refractivity (Wildman–Crippen MR) is 64.6 cm³/mol. The van der Waals surface area contributed by atoms with E-state index in [-0.39, 0.29) is 12.0 Å². The summed E-state index contributed by atoms with van der Waals surface area (Å²) in [5, 5.41) is 0. The second-order valence-corrected chi connectivity index (χ2v) is 4.12. The molecule has 1 aromatic carbocycles. The Kier molecular flexibility index (Phi) is 3.77. The molecule has 0 radical (unpaired) electrons. The first-order valence-electron chi connectivity index (χ1n) is 5.19. The highest BCUT2D eigenvalue weighted by Gasteiger charge is 2.10. The minimum absolute atomic E-state index is 0.0669. The minimum atomic E-state index is -0.0669. The molecule has 16 heavy (non-hydrogen) atoms. The molecule has 4 nitrogen and oxygen atoms in total. The molecule has 0 spiro atoms. The summed E-state index contributed by atoms with van der Waals surface area (Å²) in [6, 6.07) is 5.09. The fourth-order valence-corrected chi connectivity index (χ4v) is 1.30. The van der Waals surface area contributed by atoms with Gasteiger partial charge in [-0.25, -0.2) is 0 Å². The van der Waals surface area contributed by atoms with Gasteiger partial charge in [0.25, 0.3) is 5.91 Å². The van der Waals surface area contributed by atoms with Crippen molar-refractivity contribution in [1.82, 2.24) is 4.90 Å². The zero-order valence-corrected chi connectivity index (χ0v) is 10.2. The van der Waals surface area contributed by atoms with Gasteiger partial charge in [0.15, 0.2) is 0 Å². The molecule has 0 aromatic heterocycles. The van der Waals surface area contributed by atoms with E-state index in [0.717, 1.165) is 0 Å². The molecule has 0 saturated carbocycles. The quantitative estimate of drug-likeness (QED) is 0.793. The molecule has 4 heteroatoms. The van der Waals surface area contributed by atoms with E-state index in [1.165, 1.54) is 4.90 Å². The third-order valence-corrected chi connectivity index (χ3v) is 2.03. The number of hydrogen-bond acceptors (Lipinski definition) is 3. The van der Waals surface area contributed by atoms with Gasteiger partial charge in [0.2, 0.25) is 0 Å². The Bertz CT molecular complexity index is 387. The van der Waals surface area contributed by atoms with E-state index < -0.39 is 0 Å². The minimum Gasteiger partial charge on any atom is -0.489 e. The van der Waals surface area contributed by atoms with Crippen molar-refractivity contribution in [2.75, 3.05) is 19.8 Å². The zero-order chi connectivity index (χ0) is 12.3. The molecule has 1 aromatic rings. The predicted octanol–water partition coefficient (Wildman–Crippen LogP) is 1.76. The summed E-state index contributed by atoms with van der Waals surface area (Å²) in [4.78, 5) is 13.2. The number of nitrogens with two attached hydrogens (primary N) is 1. The Labute approximate surface area is 96.0 Å². The number of hydrogen-bond donors (Lipinski definition) is 1. The molecule has 0 bridgehead atoms. The summed E-state index contributed by atoms with van der Waals surface area (Å²) in [7, 11) is 3.41. The second kappa shape index (κ2) is 4.88. The SMILES string of the molecule is CC(C)Oc1ccc(C(=O)N(C)C)cc1N. The summed E-state index contributed by atoms with van der Waals surface area (Å²) < 4.78 is 5.49.